The van der Waals surface area contributed by atoms with Crippen molar-refractivity contribution in [3.8, 4) is 0 Å². The molecule has 0 spiro atoms. The molecule has 0 radical (unpaired) electrons. The first-order valence-electron chi connectivity index (χ1n) is 11.5. The van der Waals surface area contributed by atoms with Gasteiger partial charge in [-0.25, -0.2) is 9.99 Å². The molecule has 0 saturated carbocycles. The van der Waals surface area contributed by atoms with E-state index in [1.807, 2.05) is 41.9 Å². The lowest BCUT2D eigenvalue weighted by Gasteiger charge is -2.32. The standard InChI is InChI=1S/C25H27N5O2S2/c1-17-6-7-23(26-15-17)27-25(32)18-8-10-29(11-9-18)16-24(31)30-20(22-5-3-13-34-22)14-19(28-30)21-4-2-12-33-21/h2-7,12-13,15,18,20H,8-11,14,16H2,1H3,(H,26,27,32). The predicted molar refractivity (Wildman–Crippen MR) is 136 cm³/mol. The van der Waals surface area contributed by atoms with Crippen LogP contribution in [0.15, 0.2) is 58.5 Å². The van der Waals surface area contributed by atoms with Crippen LogP contribution < -0.4 is 5.32 Å². The SMILES string of the molecule is Cc1ccc(NC(=O)C2CCN(CC(=O)N3N=C(c4cccs4)CC3c3cccs3)CC2)nc1. The first kappa shape index (κ1) is 22.9. The number of nitrogens with one attached hydrogen (secondary N) is 1. The van der Waals surface area contributed by atoms with Crippen molar-refractivity contribution in [3.63, 3.8) is 0 Å². The lowest BCUT2D eigenvalue weighted by Crippen LogP contribution is -2.43. The quantitative estimate of drug-likeness (QED) is 0.547. The van der Waals surface area contributed by atoms with Crippen LogP contribution in [0.1, 0.15) is 40.6 Å². The molecule has 3 aromatic heterocycles. The van der Waals surface area contributed by atoms with Gasteiger partial charge in [0.05, 0.1) is 23.2 Å². The van der Waals surface area contributed by atoms with Gasteiger partial charge in [0.2, 0.25) is 5.91 Å². The molecule has 2 aliphatic rings. The molecular weight excluding hydrogens is 466 g/mol. The lowest BCUT2D eigenvalue weighted by atomic mass is 9.96. The van der Waals surface area contributed by atoms with Gasteiger partial charge < -0.3 is 5.32 Å². The van der Waals surface area contributed by atoms with Crippen molar-refractivity contribution in [1.29, 1.82) is 0 Å². The summed E-state index contributed by atoms with van der Waals surface area (Å²) in [5, 5.41) is 13.4. The number of rotatable bonds is 6. The third kappa shape index (κ3) is 5.11. The van der Waals surface area contributed by atoms with Gasteiger partial charge in [-0.3, -0.25) is 14.5 Å². The van der Waals surface area contributed by atoms with E-state index >= 15 is 0 Å². The van der Waals surface area contributed by atoms with E-state index in [1.54, 1.807) is 33.9 Å². The van der Waals surface area contributed by atoms with Crippen molar-refractivity contribution < 1.29 is 9.59 Å². The fourth-order valence-corrected chi connectivity index (χ4v) is 5.95. The van der Waals surface area contributed by atoms with Crippen molar-refractivity contribution in [2.45, 2.75) is 32.2 Å². The maximum Gasteiger partial charge on any atom is 0.257 e. The number of aryl methyl sites for hydroxylation is 1. The molecule has 5 heterocycles. The second-order valence-corrected chi connectivity index (χ2v) is 10.7. The smallest absolute Gasteiger partial charge is 0.257 e. The Hall–Kier alpha value is -2.88. The third-order valence-electron chi connectivity index (χ3n) is 6.32. The molecule has 2 aliphatic heterocycles. The predicted octanol–water partition coefficient (Wildman–Crippen LogP) is 4.54. The Kier molecular flexibility index (Phi) is 6.85. The highest BCUT2D eigenvalue weighted by Gasteiger charge is 2.35. The summed E-state index contributed by atoms with van der Waals surface area (Å²) in [5.74, 6) is 0.534. The Balaban J connectivity index is 1.18. The van der Waals surface area contributed by atoms with E-state index in [9.17, 15) is 9.59 Å². The number of hydrogen-bond acceptors (Lipinski definition) is 7. The van der Waals surface area contributed by atoms with Crippen LogP contribution in [0.25, 0.3) is 0 Å². The Bertz CT molecular complexity index is 1150. The number of carbonyl (C=O) groups excluding carboxylic acids is 2. The number of piperidine rings is 1. The Labute approximate surface area is 207 Å². The van der Waals surface area contributed by atoms with E-state index in [-0.39, 0.29) is 23.8 Å². The van der Waals surface area contributed by atoms with Crippen LogP contribution in [0.3, 0.4) is 0 Å². The molecule has 0 aromatic carbocycles. The van der Waals surface area contributed by atoms with Gasteiger partial charge in [0.15, 0.2) is 0 Å². The Morgan fingerprint density at radius 2 is 1.88 bits per heavy atom. The number of likely N-dealkylation sites (tertiary alicyclic amines) is 1. The average Bonchev–Trinajstić information content (AvgIpc) is 3.62. The minimum Gasteiger partial charge on any atom is -0.310 e. The zero-order chi connectivity index (χ0) is 23.5. The summed E-state index contributed by atoms with van der Waals surface area (Å²) in [6.07, 6.45) is 3.94. The zero-order valence-corrected chi connectivity index (χ0v) is 20.6. The van der Waals surface area contributed by atoms with Gasteiger partial charge in [0.25, 0.3) is 5.91 Å². The van der Waals surface area contributed by atoms with Crippen LogP contribution >= 0.6 is 22.7 Å². The van der Waals surface area contributed by atoms with Gasteiger partial charge >= 0.3 is 0 Å². The van der Waals surface area contributed by atoms with Crippen molar-refractivity contribution in [2.75, 3.05) is 25.0 Å². The van der Waals surface area contributed by atoms with Crippen molar-refractivity contribution in [2.24, 2.45) is 11.0 Å². The molecule has 9 heteroatoms. The van der Waals surface area contributed by atoms with E-state index < -0.39 is 0 Å². The number of hydrazone groups is 1. The molecular formula is C25H27N5O2S2. The number of thiophene rings is 2. The molecule has 3 aromatic rings. The molecule has 34 heavy (non-hydrogen) atoms. The molecule has 1 saturated heterocycles. The third-order valence-corrected chi connectivity index (χ3v) is 8.22. The second kappa shape index (κ2) is 10.2. The number of carbonyl (C=O) groups is 2. The summed E-state index contributed by atoms with van der Waals surface area (Å²) < 4.78 is 0. The van der Waals surface area contributed by atoms with E-state index in [4.69, 9.17) is 5.10 Å². The Morgan fingerprint density at radius 1 is 1.09 bits per heavy atom. The van der Waals surface area contributed by atoms with Crippen LogP contribution in [0, 0.1) is 12.8 Å². The number of anilines is 1. The maximum absolute atomic E-state index is 13.3. The summed E-state index contributed by atoms with van der Waals surface area (Å²) in [6, 6.07) is 11.9. The van der Waals surface area contributed by atoms with Crippen molar-refractivity contribution in [1.82, 2.24) is 14.9 Å². The second-order valence-electron chi connectivity index (χ2n) is 8.76. The maximum atomic E-state index is 13.3. The van der Waals surface area contributed by atoms with E-state index in [0.717, 1.165) is 40.3 Å². The first-order valence-corrected chi connectivity index (χ1v) is 13.3. The average molecular weight is 494 g/mol. The van der Waals surface area contributed by atoms with Gasteiger partial charge in [-0.15, -0.1) is 22.7 Å². The van der Waals surface area contributed by atoms with Crippen molar-refractivity contribution >= 4 is 46.0 Å². The number of nitrogens with zero attached hydrogens (tertiary/aromatic N) is 4. The highest BCUT2D eigenvalue weighted by molar-refractivity contribution is 7.12. The molecule has 1 atom stereocenters. The highest BCUT2D eigenvalue weighted by Crippen LogP contribution is 2.36. The van der Waals surface area contributed by atoms with Crippen LogP contribution in [0.5, 0.6) is 0 Å². The number of hydrogen-bond donors (Lipinski definition) is 1. The van der Waals surface area contributed by atoms with Gasteiger partial charge in [-0.05, 0) is 67.4 Å². The summed E-state index contributed by atoms with van der Waals surface area (Å²) in [6.45, 7) is 3.71. The summed E-state index contributed by atoms with van der Waals surface area (Å²) >= 11 is 3.32. The van der Waals surface area contributed by atoms with Gasteiger partial charge in [0, 0.05) is 23.4 Å². The van der Waals surface area contributed by atoms with Crippen LogP contribution in [0.4, 0.5) is 5.82 Å². The summed E-state index contributed by atoms with van der Waals surface area (Å²) in [7, 11) is 0. The van der Waals surface area contributed by atoms with Crippen LogP contribution in [-0.4, -0.2) is 52.1 Å². The number of aromatic nitrogens is 1. The van der Waals surface area contributed by atoms with Crippen molar-refractivity contribution in [3.05, 3.63) is 68.7 Å². The monoisotopic (exact) mass is 493 g/mol. The van der Waals surface area contributed by atoms with E-state index in [0.29, 0.717) is 25.5 Å². The van der Waals surface area contributed by atoms with Crippen LogP contribution in [-0.2, 0) is 9.59 Å². The Morgan fingerprint density at radius 3 is 2.56 bits per heavy atom. The van der Waals surface area contributed by atoms with Gasteiger partial charge in [0.1, 0.15) is 5.82 Å². The van der Waals surface area contributed by atoms with Crippen LogP contribution in [0.2, 0.25) is 0 Å². The molecule has 1 unspecified atom stereocenters. The fourth-order valence-electron chi connectivity index (χ4n) is 4.42. The summed E-state index contributed by atoms with van der Waals surface area (Å²) in [5.41, 5.74) is 2.03. The lowest BCUT2D eigenvalue weighted by molar-refractivity contribution is -0.134. The molecule has 2 amide bonds. The van der Waals surface area contributed by atoms with E-state index in [1.165, 1.54) is 0 Å². The minimum atomic E-state index is -0.0661. The molecule has 0 aliphatic carbocycles. The van der Waals surface area contributed by atoms with Gasteiger partial charge in [-0.1, -0.05) is 18.2 Å². The molecule has 1 fully saturated rings. The highest BCUT2D eigenvalue weighted by atomic mass is 32.1. The molecule has 176 valence electrons. The number of pyridine rings is 1. The summed E-state index contributed by atoms with van der Waals surface area (Å²) in [4.78, 5) is 34.6. The first-order chi connectivity index (χ1) is 16.6. The molecule has 1 N–H and O–H groups in total. The van der Waals surface area contributed by atoms with Gasteiger partial charge in [-0.2, -0.15) is 5.10 Å². The number of amides is 2. The zero-order valence-electron chi connectivity index (χ0n) is 19.0. The molecule has 7 nitrogen and oxygen atoms in total. The normalized spacial score (nSPS) is 19.3. The minimum absolute atomic E-state index is 0.00446. The largest absolute Gasteiger partial charge is 0.310 e. The fraction of sp³-hybridized carbons (Fsp3) is 0.360. The topological polar surface area (TPSA) is 77.9 Å². The molecule has 5 rings (SSSR count). The molecule has 0 bridgehead atoms. The van der Waals surface area contributed by atoms with E-state index in [2.05, 4.69) is 27.3 Å².